The number of anilines is 1. The van der Waals surface area contributed by atoms with Crippen LogP contribution in [0.4, 0.5) is 5.69 Å². The molecule has 1 N–H and O–H groups in total. The molecular formula is C22H25N3O4S. The molecule has 0 saturated carbocycles. The number of ether oxygens (including phenoxy) is 1. The van der Waals surface area contributed by atoms with E-state index in [1.165, 1.54) is 10.9 Å². The fourth-order valence-electron chi connectivity index (χ4n) is 2.93. The van der Waals surface area contributed by atoms with Gasteiger partial charge in [0.1, 0.15) is 15.7 Å². The van der Waals surface area contributed by atoms with Crippen LogP contribution in [0.1, 0.15) is 47.6 Å². The van der Waals surface area contributed by atoms with Gasteiger partial charge in [-0.05, 0) is 44.4 Å². The molecule has 8 heteroatoms. The number of hydrogen-bond acceptors (Lipinski definition) is 6. The second-order valence-electron chi connectivity index (χ2n) is 7.72. The second kappa shape index (κ2) is 8.79. The van der Waals surface area contributed by atoms with Gasteiger partial charge in [-0.2, -0.15) is 0 Å². The zero-order valence-corrected chi connectivity index (χ0v) is 18.5. The molecular weight excluding hydrogens is 402 g/mol. The molecule has 1 aromatic carbocycles. The first-order chi connectivity index (χ1) is 14.2. The minimum absolute atomic E-state index is 0.215. The summed E-state index contributed by atoms with van der Waals surface area (Å²) < 4.78 is 6.59. The van der Waals surface area contributed by atoms with E-state index in [2.05, 4.69) is 10.3 Å². The molecule has 2 heterocycles. The summed E-state index contributed by atoms with van der Waals surface area (Å²) in [5.41, 5.74) is 1.91. The molecule has 0 aliphatic carbocycles. The van der Waals surface area contributed by atoms with E-state index in [0.29, 0.717) is 33.0 Å². The number of nitrogens with zero attached hydrogens (tertiary/aromatic N) is 2. The summed E-state index contributed by atoms with van der Waals surface area (Å²) in [6, 6.07) is 6.64. The highest BCUT2D eigenvalue weighted by Gasteiger charge is 2.23. The molecule has 30 heavy (non-hydrogen) atoms. The van der Waals surface area contributed by atoms with Crippen LogP contribution >= 0.6 is 11.3 Å². The first-order valence-electron chi connectivity index (χ1n) is 9.74. The van der Waals surface area contributed by atoms with Gasteiger partial charge in [-0.15, -0.1) is 11.3 Å². The highest BCUT2D eigenvalue weighted by Crippen LogP contribution is 2.28. The Bertz CT molecular complexity index is 1150. The largest absolute Gasteiger partial charge is 0.461 e. The smallest absolute Gasteiger partial charge is 0.348 e. The van der Waals surface area contributed by atoms with Crippen molar-refractivity contribution in [3.63, 3.8) is 0 Å². The van der Waals surface area contributed by atoms with Gasteiger partial charge in [-0.1, -0.05) is 31.5 Å². The third kappa shape index (κ3) is 4.43. The van der Waals surface area contributed by atoms with E-state index in [9.17, 15) is 14.4 Å². The number of aromatic nitrogens is 2. The van der Waals surface area contributed by atoms with Crippen LogP contribution in [-0.2, 0) is 9.53 Å². The van der Waals surface area contributed by atoms with Crippen molar-refractivity contribution in [3.05, 3.63) is 57.0 Å². The maximum atomic E-state index is 13.1. The summed E-state index contributed by atoms with van der Waals surface area (Å²) in [7, 11) is 0. The van der Waals surface area contributed by atoms with Crippen LogP contribution in [0.5, 0.6) is 0 Å². The number of fused-ring (bicyclic) bond motifs is 1. The van der Waals surface area contributed by atoms with Crippen molar-refractivity contribution in [1.29, 1.82) is 0 Å². The summed E-state index contributed by atoms with van der Waals surface area (Å²) in [5.74, 6) is -0.571. The standard InChI is InChI=1S/C22H25N3O4S/c1-12(2)10-29-22(28)18-14(4)17-20(30-18)23-11-25(21(17)27)15(5)19(26)24-16-8-6-13(3)7-9-16/h6-9,11-12,15H,10H2,1-5H3,(H,24,26). The predicted molar refractivity (Wildman–Crippen MR) is 118 cm³/mol. The van der Waals surface area contributed by atoms with E-state index in [-0.39, 0.29) is 17.4 Å². The molecule has 3 aromatic rings. The Labute approximate surface area is 178 Å². The molecule has 0 fully saturated rings. The van der Waals surface area contributed by atoms with E-state index in [4.69, 9.17) is 4.74 Å². The fraction of sp³-hybridized carbons (Fsp3) is 0.364. The molecule has 2 aromatic heterocycles. The molecule has 7 nitrogen and oxygen atoms in total. The molecule has 1 atom stereocenters. The van der Waals surface area contributed by atoms with E-state index >= 15 is 0 Å². The lowest BCUT2D eigenvalue weighted by molar-refractivity contribution is -0.118. The number of carbonyl (C=O) groups excluding carboxylic acids is 2. The van der Waals surface area contributed by atoms with Crippen LogP contribution in [0, 0.1) is 19.8 Å². The Morgan fingerprint density at radius 2 is 1.83 bits per heavy atom. The topological polar surface area (TPSA) is 90.3 Å². The molecule has 158 valence electrons. The maximum absolute atomic E-state index is 13.1. The summed E-state index contributed by atoms with van der Waals surface area (Å²) >= 11 is 1.13. The van der Waals surface area contributed by atoms with Gasteiger partial charge < -0.3 is 10.1 Å². The van der Waals surface area contributed by atoms with Crippen LogP contribution in [-0.4, -0.2) is 28.0 Å². The minimum Gasteiger partial charge on any atom is -0.461 e. The van der Waals surface area contributed by atoms with E-state index in [0.717, 1.165) is 16.9 Å². The van der Waals surface area contributed by atoms with Crippen molar-refractivity contribution in [2.24, 2.45) is 5.92 Å². The Morgan fingerprint density at radius 3 is 2.47 bits per heavy atom. The number of thiophene rings is 1. The van der Waals surface area contributed by atoms with Crippen LogP contribution in [0.3, 0.4) is 0 Å². The van der Waals surface area contributed by atoms with Gasteiger partial charge in [0, 0.05) is 5.69 Å². The van der Waals surface area contributed by atoms with E-state index in [1.54, 1.807) is 13.8 Å². The summed E-state index contributed by atoms with van der Waals surface area (Å²) in [4.78, 5) is 43.3. The Kier molecular flexibility index (Phi) is 6.36. The molecule has 1 amide bonds. The molecule has 3 rings (SSSR count). The molecule has 0 saturated heterocycles. The normalized spacial score (nSPS) is 12.2. The van der Waals surface area contributed by atoms with E-state index < -0.39 is 12.0 Å². The van der Waals surface area contributed by atoms with Crippen molar-refractivity contribution in [3.8, 4) is 0 Å². The molecule has 0 spiro atoms. The van der Waals surface area contributed by atoms with Crippen molar-refractivity contribution >= 4 is 39.1 Å². The number of benzene rings is 1. The number of nitrogens with one attached hydrogen (secondary N) is 1. The van der Waals surface area contributed by atoms with E-state index in [1.807, 2.05) is 45.0 Å². The Hall–Kier alpha value is -3.00. The number of carbonyl (C=O) groups is 2. The lowest BCUT2D eigenvalue weighted by Crippen LogP contribution is -2.31. The third-order valence-electron chi connectivity index (χ3n) is 4.72. The predicted octanol–water partition coefficient (Wildman–Crippen LogP) is 4.09. The lowest BCUT2D eigenvalue weighted by Gasteiger charge is -2.15. The van der Waals surface area contributed by atoms with Gasteiger partial charge in [-0.3, -0.25) is 14.2 Å². The van der Waals surface area contributed by atoms with Gasteiger partial charge in [0.25, 0.3) is 5.56 Å². The van der Waals surface area contributed by atoms with Gasteiger partial charge >= 0.3 is 5.97 Å². The lowest BCUT2D eigenvalue weighted by atomic mass is 10.2. The number of hydrogen-bond donors (Lipinski definition) is 1. The molecule has 0 radical (unpaired) electrons. The number of amides is 1. The third-order valence-corrected chi connectivity index (χ3v) is 5.90. The average Bonchev–Trinajstić information content (AvgIpc) is 3.05. The zero-order chi connectivity index (χ0) is 22.0. The highest BCUT2D eigenvalue weighted by molar-refractivity contribution is 7.20. The first kappa shape index (κ1) is 21.7. The van der Waals surface area contributed by atoms with Crippen LogP contribution in [0.2, 0.25) is 0 Å². The van der Waals surface area contributed by atoms with Crippen molar-refractivity contribution in [1.82, 2.24) is 9.55 Å². The molecule has 0 bridgehead atoms. The first-order valence-corrected chi connectivity index (χ1v) is 10.6. The summed E-state index contributed by atoms with van der Waals surface area (Å²) in [5, 5.41) is 3.15. The maximum Gasteiger partial charge on any atom is 0.348 e. The van der Waals surface area contributed by atoms with Crippen LogP contribution in [0.25, 0.3) is 10.2 Å². The monoisotopic (exact) mass is 427 g/mol. The molecule has 1 unspecified atom stereocenters. The van der Waals surface area contributed by atoms with Gasteiger partial charge in [0.15, 0.2) is 0 Å². The Balaban J connectivity index is 1.89. The van der Waals surface area contributed by atoms with Gasteiger partial charge in [0.2, 0.25) is 5.91 Å². The van der Waals surface area contributed by atoms with Crippen LogP contribution in [0.15, 0.2) is 35.4 Å². The molecule has 0 aliphatic heterocycles. The number of rotatable bonds is 6. The van der Waals surface area contributed by atoms with Crippen LogP contribution < -0.4 is 10.9 Å². The zero-order valence-electron chi connectivity index (χ0n) is 17.7. The Morgan fingerprint density at radius 1 is 1.17 bits per heavy atom. The second-order valence-corrected chi connectivity index (χ2v) is 8.72. The fourth-order valence-corrected chi connectivity index (χ4v) is 3.96. The summed E-state index contributed by atoms with van der Waals surface area (Å²) in [6.07, 6.45) is 1.35. The number of aryl methyl sites for hydroxylation is 2. The quantitative estimate of drug-likeness (QED) is 0.599. The van der Waals surface area contributed by atoms with Gasteiger partial charge in [-0.25, -0.2) is 9.78 Å². The van der Waals surface area contributed by atoms with Crippen molar-refractivity contribution in [2.75, 3.05) is 11.9 Å². The summed E-state index contributed by atoms with van der Waals surface area (Å²) in [6.45, 7) is 9.51. The number of esters is 1. The van der Waals surface area contributed by atoms with Crippen molar-refractivity contribution < 1.29 is 14.3 Å². The highest BCUT2D eigenvalue weighted by atomic mass is 32.1. The molecule has 0 aliphatic rings. The minimum atomic E-state index is -0.772. The van der Waals surface area contributed by atoms with Gasteiger partial charge in [0.05, 0.1) is 18.3 Å². The average molecular weight is 428 g/mol. The SMILES string of the molecule is Cc1ccc(NC(=O)C(C)n2cnc3sc(C(=O)OCC(C)C)c(C)c3c2=O)cc1. The van der Waals surface area contributed by atoms with Crippen molar-refractivity contribution in [2.45, 2.75) is 40.7 Å².